The number of hydrogen-bond donors (Lipinski definition) is 1. The second-order valence-corrected chi connectivity index (χ2v) is 19.0. The Bertz CT molecular complexity index is 2560. The zero-order valence-electron chi connectivity index (χ0n) is 38.0. The fraction of sp³-hybridized carbons (Fsp3) is 0.396. The molecule has 16 heteroatoms. The fourth-order valence-electron chi connectivity index (χ4n) is 9.50. The molecule has 5 aromatic rings. The van der Waals surface area contributed by atoms with Gasteiger partial charge in [0, 0.05) is 31.9 Å². The van der Waals surface area contributed by atoms with E-state index in [1.54, 1.807) is 42.5 Å². The smallest absolute Gasteiger partial charge is 0.408 e. The molecule has 12 nitrogen and oxygen atoms in total. The van der Waals surface area contributed by atoms with Crippen LogP contribution >= 0.6 is 23.2 Å². The number of likely N-dealkylation sites (tertiary alicyclic amines) is 1. The highest BCUT2D eigenvalue weighted by atomic mass is 35.5. The molecule has 0 spiro atoms. The second kappa shape index (κ2) is 22.3. The molecule has 1 N–H and O–H groups in total. The third-order valence-electron chi connectivity index (χ3n) is 13.5. The Morgan fingerprint density at radius 1 is 0.797 bits per heavy atom. The largest absolute Gasteiger partial charge is 0.489 e. The van der Waals surface area contributed by atoms with Gasteiger partial charge in [-0.1, -0.05) is 83.9 Å². The topological polar surface area (TPSA) is 129 Å². The van der Waals surface area contributed by atoms with E-state index in [4.69, 9.17) is 46.9 Å². The number of esters is 2. The number of halogens is 4. The first-order valence-electron chi connectivity index (χ1n) is 23.6. The van der Waals surface area contributed by atoms with Crippen LogP contribution in [-0.2, 0) is 27.1 Å². The molecule has 69 heavy (non-hydrogen) atoms. The van der Waals surface area contributed by atoms with E-state index >= 15 is 0 Å². The monoisotopic (exact) mass is 982 g/mol. The molecular formula is C53H54Cl2F2N4O8. The van der Waals surface area contributed by atoms with E-state index in [9.17, 15) is 23.2 Å². The molecule has 4 aliphatic heterocycles. The van der Waals surface area contributed by atoms with E-state index in [1.807, 2.05) is 48.5 Å². The summed E-state index contributed by atoms with van der Waals surface area (Å²) in [5.41, 5.74) is 3.88. The number of aromatic nitrogens is 1. The molecule has 2 bridgehead atoms. The minimum Gasteiger partial charge on any atom is -0.489 e. The minimum absolute atomic E-state index is 0.0970. The number of benzene rings is 4. The van der Waals surface area contributed by atoms with Gasteiger partial charge in [0.1, 0.15) is 24.0 Å². The predicted molar refractivity (Wildman–Crippen MR) is 255 cm³/mol. The van der Waals surface area contributed by atoms with Gasteiger partial charge in [-0.15, -0.1) is 0 Å². The van der Waals surface area contributed by atoms with Gasteiger partial charge in [0.05, 0.1) is 28.3 Å². The molecule has 5 heterocycles. The quantitative estimate of drug-likeness (QED) is 0.0627. The maximum Gasteiger partial charge on any atom is 0.408 e. The van der Waals surface area contributed by atoms with Gasteiger partial charge in [-0.05, 0) is 141 Å². The number of piperidine rings is 3. The number of pyridine rings is 1. The number of nitrogens with zero attached hydrogens (tertiary/aromatic N) is 3. The van der Waals surface area contributed by atoms with Crippen molar-refractivity contribution in [3.8, 4) is 17.2 Å². The highest BCUT2D eigenvalue weighted by Crippen LogP contribution is 2.39. The van der Waals surface area contributed by atoms with Crippen molar-refractivity contribution in [2.24, 2.45) is 11.8 Å². The van der Waals surface area contributed by atoms with Crippen LogP contribution in [0.25, 0.3) is 0 Å². The lowest BCUT2D eigenvalue weighted by atomic mass is 9.86. The average molecular weight is 984 g/mol. The SMILES string of the molecule is O=C(N[C@@H](c1ccccc1)c1cccc(C(=O)Oc2ccc(CCN3CCC[C@H]3C(=O)O[C@@H](Cc3c(Cl)cncc3Cl)c3ccc(OC(F)F)c(OCC4CC4)c3)cc2)c1)O[C@H]1CN2CCC1CC2. The van der Waals surface area contributed by atoms with E-state index in [2.05, 4.69) is 20.1 Å². The molecule has 5 fully saturated rings. The van der Waals surface area contributed by atoms with Crippen molar-refractivity contribution in [2.45, 2.75) is 82.3 Å². The van der Waals surface area contributed by atoms with Crippen molar-refractivity contribution in [2.75, 3.05) is 39.3 Å². The molecule has 10 rings (SSSR count). The van der Waals surface area contributed by atoms with Gasteiger partial charge >= 0.3 is 24.6 Å². The number of carbonyl (C=O) groups is 3. The number of alkyl halides is 2. The number of fused-ring (bicyclic) bond motifs is 3. The summed E-state index contributed by atoms with van der Waals surface area (Å²) < 4.78 is 55.5. The van der Waals surface area contributed by atoms with Gasteiger partial charge in [-0.3, -0.25) is 19.6 Å². The Morgan fingerprint density at radius 3 is 2.26 bits per heavy atom. The molecule has 0 unspecified atom stereocenters. The van der Waals surface area contributed by atoms with Gasteiger partial charge in [0.2, 0.25) is 0 Å². The Labute approximate surface area is 410 Å². The van der Waals surface area contributed by atoms with Crippen LogP contribution in [-0.4, -0.2) is 90.9 Å². The van der Waals surface area contributed by atoms with Crippen molar-refractivity contribution in [3.05, 3.63) is 153 Å². The first-order valence-corrected chi connectivity index (χ1v) is 24.4. The molecule has 5 aliphatic rings. The van der Waals surface area contributed by atoms with E-state index in [0.29, 0.717) is 82.4 Å². The van der Waals surface area contributed by atoms with Crippen LogP contribution in [0.1, 0.15) is 88.8 Å². The summed E-state index contributed by atoms with van der Waals surface area (Å²) in [6.45, 7) is 1.37. The zero-order valence-corrected chi connectivity index (χ0v) is 39.5. The van der Waals surface area contributed by atoms with Crippen LogP contribution in [0, 0.1) is 11.8 Å². The summed E-state index contributed by atoms with van der Waals surface area (Å²) in [5.74, 6) is 0.115. The molecule has 362 valence electrons. The number of alkyl carbamates (subject to hydrolysis) is 1. The number of amides is 1. The summed E-state index contributed by atoms with van der Waals surface area (Å²) in [5, 5.41) is 3.65. The lowest BCUT2D eigenvalue weighted by Gasteiger charge is -2.43. The van der Waals surface area contributed by atoms with Crippen molar-refractivity contribution in [1.29, 1.82) is 0 Å². The van der Waals surface area contributed by atoms with Crippen LogP contribution in [0.2, 0.25) is 10.0 Å². The van der Waals surface area contributed by atoms with Gasteiger partial charge in [0.15, 0.2) is 11.5 Å². The number of nitrogens with one attached hydrogen (secondary N) is 1. The van der Waals surface area contributed by atoms with Crippen LogP contribution < -0.4 is 19.5 Å². The third kappa shape index (κ3) is 12.5. The van der Waals surface area contributed by atoms with E-state index in [-0.39, 0.29) is 24.0 Å². The van der Waals surface area contributed by atoms with Crippen LogP contribution in [0.5, 0.6) is 17.2 Å². The number of carbonyl (C=O) groups excluding carboxylic acids is 3. The predicted octanol–water partition coefficient (Wildman–Crippen LogP) is 10.4. The van der Waals surface area contributed by atoms with Crippen LogP contribution in [0.3, 0.4) is 0 Å². The Hall–Kier alpha value is -5.80. The molecule has 0 radical (unpaired) electrons. The second-order valence-electron chi connectivity index (χ2n) is 18.2. The molecule has 4 saturated heterocycles. The van der Waals surface area contributed by atoms with E-state index in [1.165, 1.54) is 18.5 Å². The van der Waals surface area contributed by atoms with Gasteiger partial charge in [-0.25, -0.2) is 9.59 Å². The normalized spacial score (nSPS) is 20.8. The first-order chi connectivity index (χ1) is 33.5. The van der Waals surface area contributed by atoms with Gasteiger partial charge in [-0.2, -0.15) is 8.78 Å². The lowest BCUT2D eigenvalue weighted by Crippen LogP contribution is -2.52. The molecule has 1 aromatic heterocycles. The molecule has 4 atom stereocenters. The minimum atomic E-state index is -3.05. The highest BCUT2D eigenvalue weighted by molar-refractivity contribution is 6.35. The number of rotatable bonds is 19. The molecule has 1 aliphatic carbocycles. The van der Waals surface area contributed by atoms with Crippen molar-refractivity contribution in [3.63, 3.8) is 0 Å². The van der Waals surface area contributed by atoms with Crippen LogP contribution in [0.15, 0.2) is 109 Å². The van der Waals surface area contributed by atoms with Gasteiger partial charge < -0.3 is 29.0 Å². The molecule has 1 saturated carbocycles. The summed E-state index contributed by atoms with van der Waals surface area (Å²) >= 11 is 13.1. The standard InChI is InChI=1S/C53H54Cl2F2N4O8/c54-42-29-58-30-43(55)41(42)28-46(37-15-18-45(68-52(56)57)47(27-37)65-32-34-11-12-34)67-51(63)44-10-5-22-61(44)25-19-33-13-16-40(17-14-33)66-50(62)39-9-4-8-38(26-39)49(36-6-2-1-3-7-36)59-53(64)69-48-31-60-23-20-35(48)21-24-60/h1-4,6-9,13-18,26-27,29-30,34-35,44,46,48-49,52H,5,10-12,19-25,28,31-32H2,(H,59,64)/t44-,46-,48-,49-/m0/s1. The number of ether oxygens (including phenoxy) is 5. The molecule has 4 aromatic carbocycles. The Balaban J connectivity index is 0.827. The third-order valence-corrected chi connectivity index (χ3v) is 14.1. The maximum atomic E-state index is 14.1. The fourth-order valence-corrected chi connectivity index (χ4v) is 10.0. The average Bonchev–Trinajstić information content (AvgIpc) is 4.07. The van der Waals surface area contributed by atoms with Gasteiger partial charge in [0.25, 0.3) is 0 Å². The van der Waals surface area contributed by atoms with E-state index < -0.39 is 42.8 Å². The van der Waals surface area contributed by atoms with Crippen molar-refractivity contribution >= 4 is 41.2 Å². The summed E-state index contributed by atoms with van der Waals surface area (Å²) in [4.78, 5) is 49.5. The summed E-state index contributed by atoms with van der Waals surface area (Å²) in [6.07, 6.45) is 7.50. The Kier molecular flexibility index (Phi) is 15.6. The summed E-state index contributed by atoms with van der Waals surface area (Å²) in [6, 6.07) is 27.3. The number of hydrogen-bond acceptors (Lipinski definition) is 11. The summed E-state index contributed by atoms with van der Waals surface area (Å²) in [7, 11) is 0. The van der Waals surface area contributed by atoms with Crippen molar-refractivity contribution < 1.29 is 46.8 Å². The molecule has 1 amide bonds. The van der Waals surface area contributed by atoms with Crippen LogP contribution in [0.4, 0.5) is 13.6 Å². The zero-order chi connectivity index (χ0) is 47.9. The first kappa shape index (κ1) is 48.2. The van der Waals surface area contributed by atoms with Crippen molar-refractivity contribution in [1.82, 2.24) is 20.1 Å². The van der Waals surface area contributed by atoms with E-state index in [0.717, 1.165) is 62.9 Å². The highest BCUT2D eigenvalue weighted by Gasteiger charge is 2.38. The lowest BCUT2D eigenvalue weighted by molar-refractivity contribution is -0.155. The molecular weight excluding hydrogens is 930 g/mol. The Morgan fingerprint density at radius 2 is 1.55 bits per heavy atom. The maximum absolute atomic E-state index is 14.1.